The number of rotatable bonds is 10. The summed E-state index contributed by atoms with van der Waals surface area (Å²) in [5.41, 5.74) is 6.18. The van der Waals surface area contributed by atoms with Crippen molar-refractivity contribution in [2.24, 2.45) is 25.9 Å². The zero-order valence-electron chi connectivity index (χ0n) is 45.8. The molecule has 0 bridgehead atoms. The third kappa shape index (κ3) is 9.62. The first kappa shape index (κ1) is 54.6. The van der Waals surface area contributed by atoms with Crippen LogP contribution in [0.5, 0.6) is 0 Å². The molecule has 2 saturated heterocycles. The smallest absolute Gasteiger partial charge is 0.164 e. The highest BCUT2D eigenvalue weighted by molar-refractivity contribution is 6.08. The molecule has 0 aliphatic carbocycles. The lowest BCUT2D eigenvalue weighted by Gasteiger charge is -2.33. The number of hydrogen-bond donors (Lipinski definition) is 2. The van der Waals surface area contributed by atoms with E-state index in [0.29, 0.717) is 96.3 Å². The molecule has 0 spiro atoms. The molecule has 18 heteroatoms. The van der Waals surface area contributed by atoms with E-state index in [9.17, 15) is 19.0 Å². The van der Waals surface area contributed by atoms with Gasteiger partial charge in [-0.15, -0.1) is 0 Å². The number of imidazole rings is 2. The van der Waals surface area contributed by atoms with Gasteiger partial charge >= 0.3 is 0 Å². The van der Waals surface area contributed by atoms with Gasteiger partial charge in [0.25, 0.3) is 0 Å². The fraction of sp³-hybridized carbons (Fsp3) is 0.355. The molecule has 80 heavy (non-hydrogen) atoms. The highest BCUT2D eigenvalue weighted by atomic mass is 19.2. The fourth-order valence-corrected chi connectivity index (χ4v) is 12.2. The largest absolute Gasteiger partial charge is 0.386 e. The van der Waals surface area contributed by atoms with Gasteiger partial charge in [0.05, 0.1) is 103 Å². The monoisotopic (exact) mass is 1100 g/mol. The maximum Gasteiger partial charge on any atom is 0.164 e. The van der Waals surface area contributed by atoms with Gasteiger partial charge in [-0.3, -0.25) is 9.97 Å². The Morgan fingerprint density at radius 2 is 0.887 bits per heavy atom. The number of ether oxygens (including phenoxy) is 2. The van der Waals surface area contributed by atoms with Gasteiger partial charge in [-0.1, -0.05) is 24.3 Å². The van der Waals surface area contributed by atoms with Crippen LogP contribution >= 0.6 is 0 Å². The molecule has 2 N–H and O–H groups in total. The van der Waals surface area contributed by atoms with Crippen LogP contribution in [-0.2, 0) is 34.8 Å². The first-order chi connectivity index (χ1) is 38.1. The molecule has 2 atom stereocenters. The summed E-state index contributed by atoms with van der Waals surface area (Å²) in [6.45, 7) is 12.1. The predicted octanol–water partition coefficient (Wildman–Crippen LogP) is 13.1. The molecule has 12 rings (SSSR count). The van der Waals surface area contributed by atoms with Gasteiger partial charge in [0.15, 0.2) is 23.3 Å². The molecule has 4 aromatic carbocycles. The van der Waals surface area contributed by atoms with Crippen LogP contribution in [0.15, 0.2) is 97.8 Å². The Bertz CT molecular complexity index is 3710. The molecule has 416 valence electrons. The van der Waals surface area contributed by atoms with Crippen LogP contribution in [0.1, 0.15) is 99.1 Å². The highest BCUT2D eigenvalue weighted by Crippen LogP contribution is 2.46. The highest BCUT2D eigenvalue weighted by Gasteiger charge is 2.37. The molecule has 2 aliphatic rings. The number of benzene rings is 4. The molecule has 12 nitrogen and oxygen atoms in total. The van der Waals surface area contributed by atoms with Gasteiger partial charge < -0.3 is 38.0 Å². The van der Waals surface area contributed by atoms with Crippen molar-refractivity contribution in [1.82, 2.24) is 38.2 Å². The Morgan fingerprint density at radius 1 is 0.512 bits per heavy atom. The average Bonchev–Trinajstić information content (AvgIpc) is 4.25. The van der Waals surface area contributed by atoms with Gasteiger partial charge in [-0.25, -0.2) is 36.3 Å². The van der Waals surface area contributed by atoms with Crippen molar-refractivity contribution in [2.45, 2.75) is 90.5 Å². The SMILES string of the molecule is Cc1ncn(C)c1-c1cnc2c3c(F)cc(C(C)(C)O)cc3n(C(c3cccc(F)c3F)C3CCOCC3)c2c1.Cc1ncn(C)c1-c1cnc2c3c(F)cc(C(C)(C)O)cc3n(C(c3cccc(F)c3F)C3CCOCC3)c2c1. The Labute approximate surface area is 458 Å². The Morgan fingerprint density at radius 3 is 1.23 bits per heavy atom. The van der Waals surface area contributed by atoms with Crippen LogP contribution in [0.3, 0.4) is 0 Å². The fourth-order valence-electron chi connectivity index (χ4n) is 12.2. The van der Waals surface area contributed by atoms with Gasteiger partial charge in [-0.2, -0.15) is 0 Å². The molecule has 0 saturated carbocycles. The first-order valence-corrected chi connectivity index (χ1v) is 26.8. The second-order valence-corrected chi connectivity index (χ2v) is 22.4. The quantitative estimate of drug-likeness (QED) is 0.130. The third-order valence-corrected chi connectivity index (χ3v) is 16.2. The molecule has 2 unspecified atom stereocenters. The van der Waals surface area contributed by atoms with Crippen molar-refractivity contribution in [3.8, 4) is 22.5 Å². The van der Waals surface area contributed by atoms with E-state index in [1.165, 1.54) is 24.3 Å². The average molecular weight is 1100 g/mol. The maximum absolute atomic E-state index is 15.9. The molecule has 2 fully saturated rings. The van der Waals surface area contributed by atoms with Crippen LogP contribution in [0.2, 0.25) is 0 Å². The molecule has 0 radical (unpaired) electrons. The van der Waals surface area contributed by atoms with E-state index in [4.69, 9.17) is 19.4 Å². The van der Waals surface area contributed by atoms with Crippen LogP contribution in [0.25, 0.3) is 66.4 Å². The summed E-state index contributed by atoms with van der Waals surface area (Å²) in [6.07, 6.45) is 9.26. The molecule has 6 aromatic heterocycles. The molecule has 8 heterocycles. The van der Waals surface area contributed by atoms with Gasteiger partial charge in [0.1, 0.15) is 11.6 Å². The number of fused-ring (bicyclic) bond motifs is 6. The van der Waals surface area contributed by atoms with E-state index < -0.39 is 58.2 Å². The summed E-state index contributed by atoms with van der Waals surface area (Å²) in [6, 6.07) is 17.0. The Hall–Kier alpha value is -7.38. The van der Waals surface area contributed by atoms with Gasteiger partial charge in [0.2, 0.25) is 0 Å². The lowest BCUT2D eigenvalue weighted by molar-refractivity contribution is 0.0546. The number of hydrogen-bond acceptors (Lipinski definition) is 8. The number of pyridine rings is 2. The predicted molar refractivity (Wildman–Crippen MR) is 295 cm³/mol. The number of aliphatic hydroxyl groups is 2. The summed E-state index contributed by atoms with van der Waals surface area (Å²) >= 11 is 0. The van der Waals surface area contributed by atoms with E-state index in [1.54, 1.807) is 77.0 Å². The van der Waals surface area contributed by atoms with E-state index in [1.807, 2.05) is 58.3 Å². The van der Waals surface area contributed by atoms with Crippen LogP contribution in [-0.4, -0.2) is 74.8 Å². The van der Waals surface area contributed by atoms with E-state index >= 15 is 17.6 Å². The number of nitrogens with zero attached hydrogens (tertiary/aromatic N) is 8. The maximum atomic E-state index is 15.9. The van der Waals surface area contributed by atoms with E-state index in [2.05, 4.69) is 9.97 Å². The number of aromatic nitrogens is 8. The minimum atomic E-state index is -1.33. The summed E-state index contributed by atoms with van der Waals surface area (Å²) in [7, 11) is 3.77. The van der Waals surface area contributed by atoms with Gasteiger partial charge in [-0.05, 0) is 139 Å². The van der Waals surface area contributed by atoms with E-state index in [-0.39, 0.29) is 33.7 Å². The van der Waals surface area contributed by atoms with Crippen molar-refractivity contribution >= 4 is 43.9 Å². The Balaban J connectivity index is 0.000000169. The van der Waals surface area contributed by atoms with E-state index in [0.717, 1.165) is 46.0 Å². The summed E-state index contributed by atoms with van der Waals surface area (Å²) in [5, 5.41) is 22.2. The molecular formula is C62H62F6N8O4. The zero-order valence-corrected chi connectivity index (χ0v) is 45.8. The summed E-state index contributed by atoms with van der Waals surface area (Å²) in [4.78, 5) is 18.3. The molecular weight excluding hydrogens is 1030 g/mol. The van der Waals surface area contributed by atoms with Crippen molar-refractivity contribution in [3.05, 3.63) is 166 Å². The number of halogens is 6. The second kappa shape index (κ2) is 20.9. The van der Waals surface area contributed by atoms with Crippen molar-refractivity contribution in [1.29, 1.82) is 0 Å². The standard InChI is InChI=1S/2C31H31F3N4O2/c2*1-17-29(37(4)16-36-17)19-12-25-28(35-15-19)26-23(33)13-20(31(2,3)39)14-24(26)38(25)30(18-8-10-40-11-9-18)21-6-5-7-22(32)27(21)34/h2*5-7,12-16,18,30,39H,8-11H2,1-4H3. The minimum Gasteiger partial charge on any atom is -0.386 e. The summed E-state index contributed by atoms with van der Waals surface area (Å²) in [5.74, 6) is -5.08. The van der Waals surface area contributed by atoms with Crippen molar-refractivity contribution < 1.29 is 46.0 Å². The minimum absolute atomic E-state index is 0.125. The number of aryl methyl sites for hydroxylation is 4. The van der Waals surface area contributed by atoms with Crippen molar-refractivity contribution in [2.75, 3.05) is 26.4 Å². The molecule has 10 aromatic rings. The third-order valence-electron chi connectivity index (χ3n) is 16.2. The van der Waals surface area contributed by atoms with Crippen LogP contribution in [0, 0.1) is 60.6 Å². The van der Waals surface area contributed by atoms with Crippen LogP contribution < -0.4 is 0 Å². The lowest BCUT2D eigenvalue weighted by Crippen LogP contribution is -2.28. The molecule has 2 aliphatic heterocycles. The van der Waals surface area contributed by atoms with Crippen LogP contribution in [0.4, 0.5) is 26.3 Å². The molecule has 0 amide bonds. The Kier molecular flexibility index (Phi) is 14.3. The normalized spacial score (nSPS) is 15.8. The lowest BCUT2D eigenvalue weighted by atomic mass is 9.86. The summed E-state index contributed by atoms with van der Waals surface area (Å²) < 4.78 is 111. The second-order valence-electron chi connectivity index (χ2n) is 22.4. The first-order valence-electron chi connectivity index (χ1n) is 26.8. The van der Waals surface area contributed by atoms with Crippen molar-refractivity contribution in [3.63, 3.8) is 0 Å². The zero-order chi connectivity index (χ0) is 56.7. The van der Waals surface area contributed by atoms with Gasteiger partial charge in [0, 0.05) is 75.2 Å². The topological polar surface area (TPSA) is 130 Å².